The van der Waals surface area contributed by atoms with Crippen LogP contribution in [0.3, 0.4) is 0 Å². The molecular weight excluding hydrogens is 973 g/mol. The third-order valence-corrected chi connectivity index (χ3v) is 14.0. The highest BCUT2D eigenvalue weighted by molar-refractivity contribution is 7.91. The Morgan fingerprint density at radius 3 is 1.70 bits per heavy atom. The van der Waals surface area contributed by atoms with E-state index in [4.69, 9.17) is 14.2 Å². The Morgan fingerprint density at radius 1 is 0.729 bits per heavy atom. The smallest absolute Gasteiger partial charge is 0.387 e. The highest BCUT2D eigenvalue weighted by Crippen LogP contribution is 2.39. The average Bonchev–Trinajstić information content (AvgIpc) is 4.10. The number of ether oxygens (including phenoxy) is 3. The molecule has 366 valence electrons. The zero-order chi connectivity index (χ0) is 50.1. The summed E-state index contributed by atoms with van der Waals surface area (Å²) < 4.78 is 130. The second-order valence-electron chi connectivity index (χ2n) is 15.3. The maximum atomic E-state index is 14.2. The molecule has 2 aromatic carbocycles. The lowest BCUT2D eigenvalue weighted by atomic mass is 10.1. The van der Waals surface area contributed by atoms with E-state index in [0.717, 1.165) is 41.1 Å². The van der Waals surface area contributed by atoms with Gasteiger partial charge in [0.15, 0.2) is 31.0 Å². The SMILES string of the molecule is COC(Cn1cc(NC(=O)c2cnn3cccnc23)c(-c2cc(S(=O)(=O)C[C@H](C)O)ccc2OC(F)F)n1)CS(=O)(=O)c1ccc(OC(F)F)c(-c2nn(C)cc2NC(=O)c2cnn3cccnc23)c1. The molecule has 0 fully saturated rings. The van der Waals surface area contributed by atoms with Gasteiger partial charge in [-0.1, -0.05) is 0 Å². The molecule has 2 atom stereocenters. The number of aromatic nitrogens is 10. The number of rotatable bonds is 19. The zero-order valence-corrected chi connectivity index (χ0v) is 38.2. The topological polar surface area (TPSA) is 270 Å². The van der Waals surface area contributed by atoms with E-state index in [1.807, 2.05) is 0 Å². The minimum Gasteiger partial charge on any atom is -0.434 e. The van der Waals surface area contributed by atoms with Crippen LogP contribution in [-0.2, 0) is 38.0 Å². The number of nitrogens with zero attached hydrogens (tertiary/aromatic N) is 10. The monoisotopic (exact) mass is 1010 g/mol. The van der Waals surface area contributed by atoms with Crippen LogP contribution in [0.25, 0.3) is 33.8 Å². The summed E-state index contributed by atoms with van der Waals surface area (Å²) in [6.45, 7) is -5.95. The summed E-state index contributed by atoms with van der Waals surface area (Å²) in [5, 5.41) is 32.2. The van der Waals surface area contributed by atoms with Crippen molar-refractivity contribution >= 4 is 54.2 Å². The van der Waals surface area contributed by atoms with Crippen LogP contribution in [0.4, 0.5) is 28.9 Å². The first kappa shape index (κ1) is 48.6. The van der Waals surface area contributed by atoms with Crippen molar-refractivity contribution in [3.05, 3.63) is 109 Å². The minimum absolute atomic E-state index is 0.0189. The number of sulfone groups is 2. The molecule has 0 aliphatic carbocycles. The van der Waals surface area contributed by atoms with E-state index in [-0.39, 0.29) is 56.3 Å². The van der Waals surface area contributed by atoms with E-state index in [2.05, 4.69) is 41.0 Å². The van der Waals surface area contributed by atoms with Gasteiger partial charge >= 0.3 is 13.2 Å². The molecule has 70 heavy (non-hydrogen) atoms. The van der Waals surface area contributed by atoms with Crippen LogP contribution in [0, 0.1) is 0 Å². The van der Waals surface area contributed by atoms with E-state index in [0.29, 0.717) is 0 Å². The van der Waals surface area contributed by atoms with Crippen LogP contribution in [0.2, 0.25) is 0 Å². The van der Waals surface area contributed by atoms with Gasteiger partial charge in [-0.05, 0) is 55.5 Å². The fourth-order valence-corrected chi connectivity index (χ4v) is 10.2. The predicted octanol–water partition coefficient (Wildman–Crippen LogP) is 4.39. The lowest BCUT2D eigenvalue weighted by molar-refractivity contribution is -0.0501. The molecular formula is C42H38F4N12O10S2. The predicted molar refractivity (Wildman–Crippen MR) is 238 cm³/mol. The summed E-state index contributed by atoms with van der Waals surface area (Å²) in [5.74, 6) is -4.10. The Hall–Kier alpha value is -7.82. The van der Waals surface area contributed by atoms with Gasteiger partial charge in [-0.15, -0.1) is 0 Å². The number of hydrogen-bond acceptors (Lipinski definition) is 16. The number of carbonyl (C=O) groups is 2. The van der Waals surface area contributed by atoms with Gasteiger partial charge in [-0.3, -0.25) is 19.0 Å². The summed E-state index contributed by atoms with van der Waals surface area (Å²) >= 11 is 0. The highest BCUT2D eigenvalue weighted by Gasteiger charge is 2.30. The Labute approximate surface area is 393 Å². The average molecular weight is 1010 g/mol. The molecule has 0 saturated heterocycles. The maximum absolute atomic E-state index is 14.2. The number of amides is 2. The third-order valence-electron chi connectivity index (χ3n) is 10.3. The highest BCUT2D eigenvalue weighted by atomic mass is 32.2. The van der Waals surface area contributed by atoms with Crippen molar-refractivity contribution in [1.82, 2.24) is 48.8 Å². The van der Waals surface area contributed by atoms with Crippen molar-refractivity contribution in [3.8, 4) is 34.0 Å². The number of benzene rings is 2. The largest absolute Gasteiger partial charge is 0.434 e. The standard InChI is InChI=1S/C42H38F4N12O10S2/c1-23(59)21-69(62,63)25-6-8-34(68-42(45)46)28(14-25)36-32(52-40(61)30-17-50-58-13-5-11-48-38(30)58)20-56(54-36)18-24(66-3)22-70(64,65)26-7-9-33(67-41(43)44)27(15-26)35-31(19-55(2)53-35)51-39(60)29-16-49-57-12-4-10-47-37(29)57/h4-17,19-20,23-24,41-42,59H,18,21-22H2,1-3H3,(H,51,60)(H,52,61)/t23-,24?/m0/s1. The van der Waals surface area contributed by atoms with Gasteiger partial charge in [-0.2, -0.15) is 38.0 Å². The number of carbonyl (C=O) groups excluding carboxylic acids is 2. The summed E-state index contributed by atoms with van der Waals surface area (Å²) in [4.78, 5) is 34.8. The molecule has 8 aromatic rings. The molecule has 0 aliphatic heterocycles. The maximum Gasteiger partial charge on any atom is 0.387 e. The van der Waals surface area contributed by atoms with Gasteiger partial charge in [0, 0.05) is 62.5 Å². The van der Waals surface area contributed by atoms with E-state index in [1.165, 1.54) is 78.2 Å². The van der Waals surface area contributed by atoms with Crippen molar-refractivity contribution in [2.45, 2.75) is 48.7 Å². The first-order valence-electron chi connectivity index (χ1n) is 20.5. The molecule has 0 radical (unpaired) electrons. The zero-order valence-electron chi connectivity index (χ0n) is 36.6. The van der Waals surface area contributed by atoms with Crippen molar-refractivity contribution in [1.29, 1.82) is 0 Å². The molecule has 0 saturated carbocycles. The number of nitrogens with one attached hydrogen (secondary N) is 2. The molecule has 6 aromatic heterocycles. The Kier molecular flexibility index (Phi) is 13.7. The number of anilines is 2. The van der Waals surface area contributed by atoms with Crippen molar-refractivity contribution < 1.29 is 63.3 Å². The first-order chi connectivity index (χ1) is 33.3. The normalized spacial score (nSPS) is 13.0. The number of aliphatic hydroxyl groups is 1. The molecule has 6 heterocycles. The first-order valence-corrected chi connectivity index (χ1v) is 23.8. The van der Waals surface area contributed by atoms with Gasteiger partial charge in [-0.25, -0.2) is 35.8 Å². The molecule has 1 unspecified atom stereocenters. The van der Waals surface area contributed by atoms with Crippen LogP contribution in [0.15, 0.2) is 108 Å². The third kappa shape index (κ3) is 10.4. The molecule has 22 nitrogen and oxygen atoms in total. The number of aliphatic hydroxyl groups excluding tert-OH is 1. The van der Waals surface area contributed by atoms with Gasteiger partial charge < -0.3 is 30.0 Å². The molecule has 0 aliphatic rings. The van der Waals surface area contributed by atoms with E-state index in [9.17, 15) is 49.1 Å². The molecule has 2 amide bonds. The van der Waals surface area contributed by atoms with Gasteiger partial charge in [0.25, 0.3) is 11.8 Å². The molecule has 0 spiro atoms. The number of methoxy groups -OCH3 is 1. The Bertz CT molecular complexity index is 3490. The van der Waals surface area contributed by atoms with E-state index < -0.39 is 96.3 Å². The summed E-state index contributed by atoms with van der Waals surface area (Å²) in [6.07, 6.45) is 8.41. The van der Waals surface area contributed by atoms with Crippen LogP contribution in [0.1, 0.15) is 27.6 Å². The second-order valence-corrected chi connectivity index (χ2v) is 19.4. The summed E-state index contributed by atoms with van der Waals surface area (Å²) in [5.41, 5.74) is -0.904. The lowest BCUT2D eigenvalue weighted by Gasteiger charge is -2.17. The fraction of sp³-hybridized carbons (Fsp3) is 0.238. The van der Waals surface area contributed by atoms with Crippen molar-refractivity contribution in [2.75, 3.05) is 29.2 Å². The van der Waals surface area contributed by atoms with Crippen LogP contribution in [0.5, 0.6) is 11.5 Å². The Morgan fingerprint density at radius 2 is 1.21 bits per heavy atom. The van der Waals surface area contributed by atoms with Gasteiger partial charge in [0.2, 0.25) is 0 Å². The quantitative estimate of drug-likeness (QED) is 0.0948. The molecule has 28 heteroatoms. The molecule has 0 bridgehead atoms. The van der Waals surface area contributed by atoms with Crippen molar-refractivity contribution in [3.63, 3.8) is 0 Å². The number of hydrogen-bond donors (Lipinski definition) is 3. The summed E-state index contributed by atoms with van der Waals surface area (Å²) in [6, 6.07) is 9.14. The van der Waals surface area contributed by atoms with Crippen LogP contribution >= 0.6 is 0 Å². The van der Waals surface area contributed by atoms with Crippen molar-refractivity contribution in [2.24, 2.45) is 7.05 Å². The number of alkyl halides is 4. The van der Waals surface area contributed by atoms with Crippen LogP contribution in [-0.4, -0.2) is 127 Å². The Balaban J connectivity index is 1.14. The summed E-state index contributed by atoms with van der Waals surface area (Å²) in [7, 11) is -6.04. The lowest BCUT2D eigenvalue weighted by Crippen LogP contribution is -2.28. The minimum atomic E-state index is -4.46. The van der Waals surface area contributed by atoms with E-state index in [1.54, 1.807) is 18.3 Å². The molecule has 3 N–H and O–H groups in total. The number of halogens is 4. The molecule has 8 rings (SSSR count). The fourth-order valence-electron chi connectivity index (χ4n) is 7.27. The van der Waals surface area contributed by atoms with Gasteiger partial charge in [0.1, 0.15) is 34.0 Å². The van der Waals surface area contributed by atoms with Gasteiger partial charge in [0.05, 0.1) is 63.8 Å². The number of fused-ring (bicyclic) bond motifs is 2. The second kappa shape index (κ2) is 19.7. The number of aryl methyl sites for hydroxylation is 1. The van der Waals surface area contributed by atoms with Crippen LogP contribution < -0.4 is 20.1 Å². The van der Waals surface area contributed by atoms with E-state index >= 15 is 0 Å².